The van der Waals surface area contributed by atoms with E-state index in [1.54, 1.807) is 12.1 Å². The summed E-state index contributed by atoms with van der Waals surface area (Å²) in [6.45, 7) is 3.52. The fourth-order valence-electron chi connectivity index (χ4n) is 1.90. The molecule has 1 aliphatic carbocycles. The Kier molecular flexibility index (Phi) is 3.50. The molecule has 5 heteroatoms. The van der Waals surface area contributed by atoms with Crippen molar-refractivity contribution >= 4 is 12.2 Å². The largest absolute Gasteiger partial charge is 0.490 e. The van der Waals surface area contributed by atoms with Gasteiger partial charge in [-0.3, -0.25) is 0 Å². The third-order valence-electron chi connectivity index (χ3n) is 2.91. The molecular formula is C13H14FNO3. The van der Waals surface area contributed by atoms with Crippen molar-refractivity contribution in [1.29, 1.82) is 0 Å². The van der Waals surface area contributed by atoms with Crippen molar-refractivity contribution in [2.24, 2.45) is 0 Å². The number of hydrogen-bond donors (Lipinski definition) is 2. The Balaban J connectivity index is 1.88. The topological polar surface area (TPSA) is 58.6 Å². The second-order valence-corrected chi connectivity index (χ2v) is 4.25. The molecule has 96 valence electrons. The Morgan fingerprint density at radius 1 is 1.56 bits per heavy atom. The first-order chi connectivity index (χ1) is 8.58. The van der Waals surface area contributed by atoms with Gasteiger partial charge in [-0.2, -0.15) is 0 Å². The number of hydrogen-bond acceptors (Lipinski definition) is 2. The molecular weight excluding hydrogens is 237 g/mol. The summed E-state index contributed by atoms with van der Waals surface area (Å²) >= 11 is 0. The molecule has 0 aliphatic heterocycles. The van der Waals surface area contributed by atoms with Crippen LogP contribution >= 0.6 is 0 Å². The number of halogens is 1. The molecule has 1 saturated carbocycles. The van der Waals surface area contributed by atoms with Gasteiger partial charge in [0.1, 0.15) is 17.7 Å². The van der Waals surface area contributed by atoms with Crippen LogP contribution in [0.3, 0.4) is 0 Å². The van der Waals surface area contributed by atoms with Crippen molar-refractivity contribution in [3.05, 3.63) is 36.2 Å². The van der Waals surface area contributed by atoms with Crippen molar-refractivity contribution in [3.63, 3.8) is 0 Å². The number of benzene rings is 1. The first-order valence-electron chi connectivity index (χ1n) is 5.66. The smallest absolute Gasteiger partial charge is 0.404 e. The number of ether oxygens (including phenoxy) is 1. The maximum Gasteiger partial charge on any atom is 0.404 e. The molecule has 1 amide bonds. The molecule has 1 aromatic carbocycles. The average molecular weight is 251 g/mol. The van der Waals surface area contributed by atoms with E-state index in [-0.39, 0.29) is 18.0 Å². The van der Waals surface area contributed by atoms with Crippen molar-refractivity contribution in [2.75, 3.05) is 0 Å². The molecule has 0 unspecified atom stereocenters. The number of rotatable bonds is 4. The number of amides is 1. The lowest BCUT2D eigenvalue weighted by Gasteiger charge is -2.35. The lowest BCUT2D eigenvalue weighted by atomic mass is 9.89. The van der Waals surface area contributed by atoms with Crippen LogP contribution < -0.4 is 10.1 Å². The van der Waals surface area contributed by atoms with Gasteiger partial charge in [0.2, 0.25) is 0 Å². The van der Waals surface area contributed by atoms with Crippen LogP contribution in [0.4, 0.5) is 9.18 Å². The molecule has 0 spiro atoms. The molecule has 2 rings (SSSR count). The highest BCUT2D eigenvalue weighted by molar-refractivity contribution is 5.65. The maximum absolute atomic E-state index is 13.2. The van der Waals surface area contributed by atoms with Gasteiger partial charge in [0.05, 0.1) is 0 Å². The molecule has 0 heterocycles. The molecule has 4 nitrogen and oxygen atoms in total. The molecule has 1 aliphatic rings. The summed E-state index contributed by atoms with van der Waals surface area (Å²) in [5, 5.41) is 10.9. The highest BCUT2D eigenvalue weighted by atomic mass is 19.1. The molecule has 0 aromatic heterocycles. The minimum absolute atomic E-state index is 0.0232. The van der Waals surface area contributed by atoms with E-state index in [4.69, 9.17) is 9.84 Å². The van der Waals surface area contributed by atoms with E-state index < -0.39 is 6.09 Å². The van der Waals surface area contributed by atoms with E-state index in [1.165, 1.54) is 12.1 Å². The Hall–Kier alpha value is -2.04. The van der Waals surface area contributed by atoms with Crippen LogP contribution in [0.5, 0.6) is 5.75 Å². The maximum atomic E-state index is 13.2. The standard InChI is InChI=1S/C13H14FNO3/c1-2-8-5-10(3-4-12(8)14)18-11-6-9(7-11)15-13(16)17/h2-5,9,11,15H,1,6-7H2,(H,16,17). The minimum Gasteiger partial charge on any atom is -0.490 e. The monoisotopic (exact) mass is 251 g/mol. The van der Waals surface area contributed by atoms with E-state index in [0.29, 0.717) is 24.2 Å². The normalized spacial score (nSPS) is 21.8. The van der Waals surface area contributed by atoms with Gasteiger partial charge in [-0.15, -0.1) is 0 Å². The lowest BCUT2D eigenvalue weighted by Crippen LogP contribution is -2.48. The van der Waals surface area contributed by atoms with Crippen molar-refractivity contribution in [3.8, 4) is 5.75 Å². The van der Waals surface area contributed by atoms with Crippen molar-refractivity contribution in [2.45, 2.75) is 25.0 Å². The number of carboxylic acid groups (broad SMARTS) is 1. The molecule has 18 heavy (non-hydrogen) atoms. The molecule has 0 atom stereocenters. The Labute approximate surface area is 104 Å². The van der Waals surface area contributed by atoms with Crippen LogP contribution in [0.1, 0.15) is 18.4 Å². The summed E-state index contributed by atoms with van der Waals surface area (Å²) in [6.07, 6.45) is 1.65. The second-order valence-electron chi connectivity index (χ2n) is 4.25. The van der Waals surface area contributed by atoms with Crippen molar-refractivity contribution < 1.29 is 19.0 Å². The Morgan fingerprint density at radius 2 is 2.28 bits per heavy atom. The zero-order chi connectivity index (χ0) is 13.1. The van der Waals surface area contributed by atoms with Crippen LogP contribution in [0, 0.1) is 5.82 Å². The Bertz CT molecular complexity index is 469. The van der Waals surface area contributed by atoms with E-state index >= 15 is 0 Å². The van der Waals surface area contributed by atoms with E-state index in [9.17, 15) is 9.18 Å². The third kappa shape index (κ3) is 2.80. The third-order valence-corrected chi connectivity index (χ3v) is 2.91. The zero-order valence-electron chi connectivity index (χ0n) is 9.73. The van der Waals surface area contributed by atoms with Crippen LogP contribution in [-0.2, 0) is 0 Å². The second kappa shape index (κ2) is 5.08. The zero-order valence-corrected chi connectivity index (χ0v) is 9.73. The van der Waals surface area contributed by atoms with Crippen LogP contribution in [0.25, 0.3) is 6.08 Å². The quantitative estimate of drug-likeness (QED) is 0.864. The van der Waals surface area contributed by atoms with Gasteiger partial charge in [0.25, 0.3) is 0 Å². The highest BCUT2D eigenvalue weighted by Gasteiger charge is 2.32. The Morgan fingerprint density at radius 3 is 2.89 bits per heavy atom. The fraction of sp³-hybridized carbons (Fsp3) is 0.308. The summed E-state index contributed by atoms with van der Waals surface area (Å²) in [7, 11) is 0. The van der Waals surface area contributed by atoms with Crippen LogP contribution in [0.2, 0.25) is 0 Å². The first kappa shape index (κ1) is 12.4. The van der Waals surface area contributed by atoms with Gasteiger partial charge >= 0.3 is 6.09 Å². The fourth-order valence-corrected chi connectivity index (χ4v) is 1.90. The van der Waals surface area contributed by atoms with Gasteiger partial charge in [-0.1, -0.05) is 12.7 Å². The van der Waals surface area contributed by atoms with Gasteiger partial charge in [0.15, 0.2) is 0 Å². The summed E-state index contributed by atoms with van der Waals surface area (Å²) in [5.74, 6) is 0.237. The van der Waals surface area contributed by atoms with Crippen molar-refractivity contribution in [1.82, 2.24) is 5.32 Å². The van der Waals surface area contributed by atoms with E-state index in [0.717, 1.165) is 0 Å². The minimum atomic E-state index is -1.02. The van der Waals surface area contributed by atoms with E-state index in [1.807, 2.05) is 0 Å². The van der Waals surface area contributed by atoms with E-state index in [2.05, 4.69) is 11.9 Å². The number of carbonyl (C=O) groups is 1. The van der Waals surface area contributed by atoms with Gasteiger partial charge < -0.3 is 15.2 Å². The van der Waals surface area contributed by atoms with Gasteiger partial charge in [-0.05, 0) is 18.2 Å². The van der Waals surface area contributed by atoms with Gasteiger partial charge in [0, 0.05) is 24.4 Å². The molecule has 2 N–H and O–H groups in total. The molecule has 0 bridgehead atoms. The van der Waals surface area contributed by atoms with Crippen LogP contribution in [-0.4, -0.2) is 23.3 Å². The summed E-state index contributed by atoms with van der Waals surface area (Å²) in [6, 6.07) is 4.42. The lowest BCUT2D eigenvalue weighted by molar-refractivity contribution is 0.0833. The number of nitrogens with one attached hydrogen (secondary N) is 1. The molecule has 0 radical (unpaired) electrons. The predicted molar refractivity (Wildman–Crippen MR) is 65.1 cm³/mol. The SMILES string of the molecule is C=Cc1cc(OC2CC(NC(=O)O)C2)ccc1F. The molecule has 1 fully saturated rings. The summed E-state index contributed by atoms with van der Waals surface area (Å²) in [5.41, 5.74) is 0.395. The van der Waals surface area contributed by atoms with Crippen LogP contribution in [0.15, 0.2) is 24.8 Å². The average Bonchev–Trinajstić information content (AvgIpc) is 2.28. The predicted octanol–water partition coefficient (Wildman–Crippen LogP) is 2.65. The highest BCUT2D eigenvalue weighted by Crippen LogP contribution is 2.27. The molecule has 0 saturated heterocycles. The molecule has 1 aromatic rings. The van der Waals surface area contributed by atoms with Gasteiger partial charge in [-0.25, -0.2) is 9.18 Å². The summed E-state index contributed by atoms with van der Waals surface area (Å²) < 4.78 is 18.8. The first-order valence-corrected chi connectivity index (χ1v) is 5.66. The summed E-state index contributed by atoms with van der Waals surface area (Å²) in [4.78, 5) is 10.4.